The maximum atomic E-state index is 12.8. The van der Waals surface area contributed by atoms with E-state index >= 15 is 0 Å². The number of hydrogen-bond donors (Lipinski definition) is 1. The molecule has 0 aliphatic heterocycles. The highest BCUT2D eigenvalue weighted by atomic mass is 32.2. The smallest absolute Gasteiger partial charge is 0.261 e. The highest BCUT2D eigenvalue weighted by molar-refractivity contribution is 7.92. The van der Waals surface area contributed by atoms with Crippen molar-refractivity contribution in [3.63, 3.8) is 0 Å². The Kier molecular flexibility index (Phi) is 6.08. The van der Waals surface area contributed by atoms with E-state index in [4.69, 9.17) is 0 Å². The van der Waals surface area contributed by atoms with Gasteiger partial charge in [0.05, 0.1) is 10.6 Å². The summed E-state index contributed by atoms with van der Waals surface area (Å²) in [6.45, 7) is 10.7. The quantitative estimate of drug-likeness (QED) is 0.834. The molecule has 0 fully saturated rings. The molecular weight excluding hydrogens is 348 g/mol. The molecule has 0 radical (unpaired) electrons. The van der Waals surface area contributed by atoms with Crippen LogP contribution in [0.5, 0.6) is 0 Å². The van der Waals surface area contributed by atoms with Crippen LogP contribution < -0.4 is 4.72 Å². The van der Waals surface area contributed by atoms with E-state index in [9.17, 15) is 13.2 Å². The van der Waals surface area contributed by atoms with Crippen molar-refractivity contribution in [2.75, 3.05) is 17.8 Å². The normalized spacial score (nSPS) is 11.3. The lowest BCUT2D eigenvalue weighted by Crippen LogP contribution is -2.30. The number of carbonyl (C=O) groups excluding carboxylic acids is 1. The third-order valence-electron chi connectivity index (χ3n) is 4.36. The molecular formula is C20H26N2O3S. The lowest BCUT2D eigenvalue weighted by Gasteiger charge is -2.19. The van der Waals surface area contributed by atoms with Crippen molar-refractivity contribution >= 4 is 21.6 Å². The summed E-state index contributed by atoms with van der Waals surface area (Å²) in [6.07, 6.45) is 0. The number of amides is 1. The van der Waals surface area contributed by atoms with E-state index in [0.717, 1.165) is 16.7 Å². The fraction of sp³-hybridized carbons (Fsp3) is 0.350. The number of carbonyl (C=O) groups is 1. The van der Waals surface area contributed by atoms with Gasteiger partial charge in [0, 0.05) is 18.7 Å². The van der Waals surface area contributed by atoms with Gasteiger partial charge in [-0.2, -0.15) is 0 Å². The molecule has 2 rings (SSSR count). The molecule has 26 heavy (non-hydrogen) atoms. The van der Waals surface area contributed by atoms with Gasteiger partial charge >= 0.3 is 0 Å². The lowest BCUT2D eigenvalue weighted by atomic mass is 10.1. The zero-order valence-electron chi connectivity index (χ0n) is 16.0. The molecule has 140 valence electrons. The van der Waals surface area contributed by atoms with Crippen LogP contribution in [0.3, 0.4) is 0 Å². The maximum Gasteiger partial charge on any atom is 0.261 e. The minimum atomic E-state index is -3.79. The predicted molar refractivity (Wildman–Crippen MR) is 105 cm³/mol. The molecule has 5 nitrogen and oxygen atoms in total. The number of benzene rings is 2. The molecule has 0 bridgehead atoms. The first-order chi connectivity index (χ1) is 12.2. The average molecular weight is 375 g/mol. The summed E-state index contributed by atoms with van der Waals surface area (Å²) >= 11 is 0. The van der Waals surface area contributed by atoms with Crippen LogP contribution in [0.2, 0.25) is 0 Å². The third kappa shape index (κ3) is 4.25. The first-order valence-electron chi connectivity index (χ1n) is 8.69. The number of nitrogens with one attached hydrogen (secondary N) is 1. The number of rotatable bonds is 6. The molecule has 2 aromatic rings. The highest BCUT2D eigenvalue weighted by Crippen LogP contribution is 2.25. The summed E-state index contributed by atoms with van der Waals surface area (Å²) in [6, 6.07) is 10.0. The topological polar surface area (TPSA) is 66.5 Å². The van der Waals surface area contributed by atoms with Gasteiger partial charge in [0.25, 0.3) is 15.9 Å². The molecule has 0 saturated heterocycles. The van der Waals surface area contributed by atoms with E-state index in [1.165, 1.54) is 12.1 Å². The van der Waals surface area contributed by atoms with Crippen LogP contribution in [0.25, 0.3) is 0 Å². The van der Waals surface area contributed by atoms with Crippen LogP contribution >= 0.6 is 0 Å². The molecule has 0 spiro atoms. The van der Waals surface area contributed by atoms with Gasteiger partial charge in [-0.3, -0.25) is 9.52 Å². The SMILES string of the molecule is CCN(CC)C(=O)c1cccc(S(=O)(=O)Nc2c(C)cc(C)cc2C)c1. The zero-order valence-corrected chi connectivity index (χ0v) is 16.8. The number of anilines is 1. The molecule has 0 aliphatic carbocycles. The molecule has 2 aromatic carbocycles. The van der Waals surface area contributed by atoms with Gasteiger partial charge in [0.2, 0.25) is 0 Å². The molecule has 0 unspecified atom stereocenters. The van der Waals surface area contributed by atoms with Gasteiger partial charge in [-0.25, -0.2) is 8.42 Å². The maximum absolute atomic E-state index is 12.8. The number of hydrogen-bond acceptors (Lipinski definition) is 3. The Balaban J connectivity index is 2.39. The van der Waals surface area contributed by atoms with E-state index in [2.05, 4.69) is 4.72 Å². The van der Waals surface area contributed by atoms with Crippen molar-refractivity contribution in [2.45, 2.75) is 39.5 Å². The van der Waals surface area contributed by atoms with Crippen molar-refractivity contribution in [3.8, 4) is 0 Å². The third-order valence-corrected chi connectivity index (χ3v) is 5.70. The second kappa shape index (κ2) is 7.91. The second-order valence-electron chi connectivity index (χ2n) is 6.38. The van der Waals surface area contributed by atoms with Gasteiger partial charge in [-0.15, -0.1) is 0 Å². The van der Waals surface area contributed by atoms with Crippen molar-refractivity contribution in [1.82, 2.24) is 4.90 Å². The van der Waals surface area contributed by atoms with Crippen molar-refractivity contribution < 1.29 is 13.2 Å². The van der Waals surface area contributed by atoms with Crippen LogP contribution in [-0.2, 0) is 10.0 Å². The Morgan fingerprint density at radius 3 is 2.12 bits per heavy atom. The number of aryl methyl sites for hydroxylation is 3. The first-order valence-corrected chi connectivity index (χ1v) is 10.2. The van der Waals surface area contributed by atoms with Gasteiger partial charge in [0.1, 0.15) is 0 Å². The van der Waals surface area contributed by atoms with Crippen molar-refractivity contribution in [2.24, 2.45) is 0 Å². The molecule has 0 atom stereocenters. The van der Waals surface area contributed by atoms with E-state index in [0.29, 0.717) is 24.3 Å². The predicted octanol–water partition coefficient (Wildman–Crippen LogP) is 3.89. The minimum absolute atomic E-state index is 0.0786. The van der Waals surface area contributed by atoms with E-state index in [-0.39, 0.29) is 10.8 Å². The summed E-state index contributed by atoms with van der Waals surface area (Å²) < 4.78 is 28.3. The monoisotopic (exact) mass is 374 g/mol. The van der Waals surface area contributed by atoms with Gasteiger partial charge < -0.3 is 4.90 Å². The van der Waals surface area contributed by atoms with Gasteiger partial charge in [0.15, 0.2) is 0 Å². The van der Waals surface area contributed by atoms with Crippen LogP contribution in [-0.4, -0.2) is 32.3 Å². The average Bonchev–Trinajstić information content (AvgIpc) is 2.59. The van der Waals surface area contributed by atoms with Crippen molar-refractivity contribution in [1.29, 1.82) is 0 Å². The summed E-state index contributed by atoms with van der Waals surface area (Å²) in [5, 5.41) is 0. The first kappa shape index (κ1) is 20.0. The number of nitrogens with zero attached hydrogens (tertiary/aromatic N) is 1. The second-order valence-corrected chi connectivity index (χ2v) is 8.07. The summed E-state index contributed by atoms with van der Waals surface area (Å²) in [5.74, 6) is -0.172. The van der Waals surface area contributed by atoms with Crippen molar-refractivity contribution in [3.05, 3.63) is 58.7 Å². The Bertz CT molecular complexity index is 893. The van der Waals surface area contributed by atoms with E-state index < -0.39 is 10.0 Å². The van der Waals surface area contributed by atoms with Gasteiger partial charge in [-0.1, -0.05) is 23.8 Å². The zero-order chi connectivity index (χ0) is 19.5. The molecule has 6 heteroatoms. The largest absolute Gasteiger partial charge is 0.339 e. The van der Waals surface area contributed by atoms with Crippen LogP contribution in [0.4, 0.5) is 5.69 Å². The molecule has 0 saturated carbocycles. The summed E-state index contributed by atoms with van der Waals surface area (Å²) in [5.41, 5.74) is 3.75. The van der Waals surface area contributed by atoms with Crippen LogP contribution in [0, 0.1) is 20.8 Å². The lowest BCUT2D eigenvalue weighted by molar-refractivity contribution is 0.0772. The Morgan fingerprint density at radius 2 is 1.58 bits per heavy atom. The molecule has 0 aromatic heterocycles. The Hall–Kier alpha value is -2.34. The van der Waals surface area contributed by atoms with Gasteiger partial charge in [-0.05, 0) is 63.9 Å². The molecule has 1 N–H and O–H groups in total. The minimum Gasteiger partial charge on any atom is -0.339 e. The van der Waals surface area contributed by atoms with E-state index in [1.807, 2.05) is 46.8 Å². The summed E-state index contributed by atoms with van der Waals surface area (Å²) in [7, 11) is -3.79. The fourth-order valence-corrected chi connectivity index (χ4v) is 4.27. The summed E-state index contributed by atoms with van der Waals surface area (Å²) in [4.78, 5) is 14.2. The standard InChI is InChI=1S/C20H26N2O3S/c1-6-22(7-2)20(23)17-9-8-10-18(13-17)26(24,25)21-19-15(4)11-14(3)12-16(19)5/h8-13,21H,6-7H2,1-5H3. The Labute approximate surface area is 156 Å². The highest BCUT2D eigenvalue weighted by Gasteiger charge is 2.20. The number of sulfonamides is 1. The Morgan fingerprint density at radius 1 is 1.00 bits per heavy atom. The van der Waals surface area contributed by atoms with Crippen LogP contribution in [0.15, 0.2) is 41.3 Å². The van der Waals surface area contributed by atoms with Crippen LogP contribution in [0.1, 0.15) is 40.9 Å². The molecule has 0 aliphatic rings. The molecule has 0 heterocycles. The van der Waals surface area contributed by atoms with E-state index in [1.54, 1.807) is 17.0 Å². The fourth-order valence-electron chi connectivity index (χ4n) is 3.02. The molecule has 1 amide bonds.